The van der Waals surface area contributed by atoms with E-state index >= 15 is 0 Å². The summed E-state index contributed by atoms with van der Waals surface area (Å²) in [6, 6.07) is 16.6. The van der Waals surface area contributed by atoms with Crippen LogP contribution in [0.1, 0.15) is 46.7 Å². The van der Waals surface area contributed by atoms with Crippen molar-refractivity contribution in [1.82, 2.24) is 14.9 Å². The molecule has 0 saturated carbocycles. The van der Waals surface area contributed by atoms with Gasteiger partial charge in [-0.2, -0.15) is 13.2 Å². The second-order valence-electron chi connectivity index (χ2n) is 8.58. The van der Waals surface area contributed by atoms with Crippen molar-refractivity contribution in [2.75, 3.05) is 5.75 Å². The third-order valence-corrected chi connectivity index (χ3v) is 7.92. The molecule has 0 atom stereocenters. The number of amides is 1. The highest BCUT2D eigenvalue weighted by Gasteiger charge is 2.30. The van der Waals surface area contributed by atoms with E-state index in [1.54, 1.807) is 37.3 Å². The Labute approximate surface area is 213 Å². The van der Waals surface area contributed by atoms with Gasteiger partial charge in [0, 0.05) is 25.1 Å². The summed E-state index contributed by atoms with van der Waals surface area (Å²) in [4.78, 5) is 17.7. The van der Waals surface area contributed by atoms with Crippen molar-refractivity contribution in [3.63, 3.8) is 0 Å². The van der Waals surface area contributed by atoms with Gasteiger partial charge in [-0.1, -0.05) is 31.2 Å². The Kier molecular flexibility index (Phi) is 7.40. The van der Waals surface area contributed by atoms with E-state index in [0.29, 0.717) is 35.4 Å². The van der Waals surface area contributed by atoms with Crippen LogP contribution in [0.25, 0.3) is 11.0 Å². The van der Waals surface area contributed by atoms with Crippen LogP contribution in [-0.4, -0.2) is 29.6 Å². The number of nitrogens with one attached hydrogen (secondary N) is 1. The van der Waals surface area contributed by atoms with Gasteiger partial charge < -0.3 is 9.88 Å². The minimum absolute atomic E-state index is 0.0193. The van der Waals surface area contributed by atoms with E-state index in [-0.39, 0.29) is 23.1 Å². The molecule has 4 aromatic rings. The van der Waals surface area contributed by atoms with Crippen molar-refractivity contribution in [3.05, 3.63) is 94.8 Å². The maximum atomic E-state index is 12.9. The zero-order chi connectivity index (χ0) is 26.8. The summed E-state index contributed by atoms with van der Waals surface area (Å²) in [5.41, 5.74) is 2.63. The molecule has 0 aliphatic heterocycles. The first-order chi connectivity index (χ1) is 17.5. The lowest BCUT2D eigenvalue weighted by molar-refractivity contribution is -0.137. The normalized spacial score (nSPS) is 12.1. The van der Waals surface area contributed by atoms with Crippen molar-refractivity contribution in [1.29, 1.82) is 0 Å². The molecular formula is C27H26F3N3O3S. The number of alkyl halides is 3. The Balaban J connectivity index is 1.49. The smallest absolute Gasteiger partial charge is 0.348 e. The molecule has 10 heteroatoms. The van der Waals surface area contributed by atoms with Gasteiger partial charge in [0.15, 0.2) is 9.84 Å². The molecule has 1 heterocycles. The monoisotopic (exact) mass is 529 g/mol. The number of fused-ring (bicyclic) bond motifs is 1. The van der Waals surface area contributed by atoms with Crippen LogP contribution in [-0.2, 0) is 35.5 Å². The summed E-state index contributed by atoms with van der Waals surface area (Å²) < 4.78 is 64.5. The molecular weight excluding hydrogens is 503 g/mol. The number of aryl methyl sites for hydroxylation is 1. The van der Waals surface area contributed by atoms with E-state index in [1.807, 2.05) is 11.5 Å². The molecule has 0 spiro atoms. The highest BCUT2D eigenvalue weighted by Crippen LogP contribution is 2.29. The van der Waals surface area contributed by atoms with Gasteiger partial charge in [-0.25, -0.2) is 13.4 Å². The SMILES string of the molecule is CCn1c(Cc2ccc(C(F)(F)F)cc2)nc2cc(C(=O)NCc3ccc(S(=O)(=O)CC)cc3)ccc21. The maximum Gasteiger partial charge on any atom is 0.416 e. The Morgan fingerprint density at radius 3 is 2.19 bits per heavy atom. The number of halogens is 3. The molecule has 0 aliphatic carbocycles. The number of carbonyl (C=O) groups is 1. The van der Waals surface area contributed by atoms with Crippen molar-refractivity contribution in [2.45, 2.75) is 44.4 Å². The average molecular weight is 530 g/mol. The van der Waals surface area contributed by atoms with Crippen molar-refractivity contribution < 1.29 is 26.4 Å². The molecule has 0 bridgehead atoms. The number of aromatic nitrogens is 2. The van der Waals surface area contributed by atoms with Gasteiger partial charge in [0.25, 0.3) is 5.91 Å². The summed E-state index contributed by atoms with van der Waals surface area (Å²) in [6.07, 6.45) is -4.03. The molecule has 0 radical (unpaired) electrons. The summed E-state index contributed by atoms with van der Waals surface area (Å²) in [7, 11) is -3.28. The van der Waals surface area contributed by atoms with Crippen LogP contribution in [0.4, 0.5) is 13.2 Å². The lowest BCUT2D eigenvalue weighted by Gasteiger charge is -2.09. The number of benzene rings is 3. The lowest BCUT2D eigenvalue weighted by atomic mass is 10.1. The Morgan fingerprint density at radius 2 is 1.59 bits per heavy atom. The van der Waals surface area contributed by atoms with E-state index in [0.717, 1.165) is 23.2 Å². The standard InChI is InChI=1S/C27H26F3N3O3S/c1-3-33-24-14-9-20(26(34)31-17-19-7-12-22(13-8-19)37(35,36)4-2)16-23(24)32-25(33)15-18-5-10-21(11-6-18)27(28,29)30/h5-14,16H,3-4,15,17H2,1-2H3,(H,31,34). The summed E-state index contributed by atoms with van der Waals surface area (Å²) in [5.74, 6) is 0.408. The number of rotatable bonds is 8. The van der Waals surface area contributed by atoms with E-state index in [2.05, 4.69) is 10.3 Å². The molecule has 1 N–H and O–H groups in total. The van der Waals surface area contributed by atoms with Gasteiger partial charge in [0.05, 0.1) is 27.2 Å². The minimum Gasteiger partial charge on any atom is -0.348 e. The van der Waals surface area contributed by atoms with Gasteiger partial charge in [-0.05, 0) is 60.5 Å². The zero-order valence-corrected chi connectivity index (χ0v) is 21.2. The van der Waals surface area contributed by atoms with Crippen LogP contribution >= 0.6 is 0 Å². The van der Waals surface area contributed by atoms with Crippen molar-refractivity contribution in [3.8, 4) is 0 Å². The first kappa shape index (κ1) is 26.4. The largest absolute Gasteiger partial charge is 0.416 e. The summed E-state index contributed by atoms with van der Waals surface area (Å²) in [6.45, 7) is 4.38. The van der Waals surface area contributed by atoms with Gasteiger partial charge in [-0.3, -0.25) is 4.79 Å². The third-order valence-electron chi connectivity index (χ3n) is 6.16. The van der Waals surface area contributed by atoms with E-state index < -0.39 is 21.6 Å². The second-order valence-corrected chi connectivity index (χ2v) is 10.9. The number of hydrogen-bond acceptors (Lipinski definition) is 4. The fraction of sp³-hybridized carbons (Fsp3) is 0.259. The van der Waals surface area contributed by atoms with Crippen molar-refractivity contribution in [2.24, 2.45) is 0 Å². The predicted molar refractivity (Wildman–Crippen MR) is 135 cm³/mol. The van der Waals surface area contributed by atoms with Crippen LogP contribution in [0.3, 0.4) is 0 Å². The average Bonchev–Trinajstić information content (AvgIpc) is 3.23. The van der Waals surface area contributed by atoms with Crippen LogP contribution < -0.4 is 5.32 Å². The number of hydrogen-bond donors (Lipinski definition) is 1. The molecule has 0 aliphatic rings. The number of carbonyl (C=O) groups excluding carboxylic acids is 1. The number of imidazole rings is 1. The highest BCUT2D eigenvalue weighted by molar-refractivity contribution is 7.91. The molecule has 1 amide bonds. The van der Waals surface area contributed by atoms with Crippen LogP contribution in [0.2, 0.25) is 0 Å². The van der Waals surface area contributed by atoms with Gasteiger partial charge in [-0.15, -0.1) is 0 Å². The van der Waals surface area contributed by atoms with Gasteiger partial charge in [0.2, 0.25) is 0 Å². The summed E-state index contributed by atoms with van der Waals surface area (Å²) >= 11 is 0. The molecule has 1 aromatic heterocycles. The lowest BCUT2D eigenvalue weighted by Crippen LogP contribution is -2.22. The van der Waals surface area contributed by atoms with Crippen LogP contribution in [0, 0.1) is 0 Å². The maximum absolute atomic E-state index is 12.9. The molecule has 194 valence electrons. The van der Waals surface area contributed by atoms with E-state index in [9.17, 15) is 26.4 Å². The topological polar surface area (TPSA) is 81.1 Å². The molecule has 3 aromatic carbocycles. The van der Waals surface area contributed by atoms with Crippen molar-refractivity contribution >= 4 is 26.8 Å². The first-order valence-electron chi connectivity index (χ1n) is 11.8. The Bertz CT molecular complexity index is 1530. The van der Waals surface area contributed by atoms with Crippen LogP contribution in [0.5, 0.6) is 0 Å². The quantitative estimate of drug-likeness (QED) is 0.332. The van der Waals surface area contributed by atoms with Gasteiger partial charge >= 0.3 is 6.18 Å². The van der Waals surface area contributed by atoms with Crippen LogP contribution in [0.15, 0.2) is 71.6 Å². The molecule has 37 heavy (non-hydrogen) atoms. The van der Waals surface area contributed by atoms with Gasteiger partial charge in [0.1, 0.15) is 5.82 Å². The highest BCUT2D eigenvalue weighted by atomic mass is 32.2. The second kappa shape index (κ2) is 10.4. The number of nitrogens with zero attached hydrogens (tertiary/aromatic N) is 2. The zero-order valence-electron chi connectivity index (χ0n) is 20.3. The molecule has 0 fully saturated rings. The third kappa shape index (κ3) is 5.85. The Hall–Kier alpha value is -3.66. The molecule has 4 rings (SSSR count). The fourth-order valence-electron chi connectivity index (χ4n) is 4.07. The predicted octanol–water partition coefficient (Wildman–Crippen LogP) is 5.39. The fourth-order valence-corrected chi connectivity index (χ4v) is 4.95. The molecule has 0 saturated heterocycles. The van der Waals surface area contributed by atoms with E-state index in [4.69, 9.17) is 0 Å². The molecule has 6 nitrogen and oxygen atoms in total. The van der Waals surface area contributed by atoms with E-state index in [1.165, 1.54) is 24.3 Å². The first-order valence-corrected chi connectivity index (χ1v) is 13.4. The number of sulfone groups is 1. The minimum atomic E-state index is -4.38. The summed E-state index contributed by atoms with van der Waals surface area (Å²) in [5, 5.41) is 2.83. The Morgan fingerprint density at radius 1 is 0.946 bits per heavy atom. The molecule has 0 unspecified atom stereocenters.